The Hall–Kier alpha value is -0.140. The van der Waals surface area contributed by atoms with Crippen molar-refractivity contribution in [1.29, 1.82) is 0 Å². The molecule has 0 aliphatic carbocycles. The fraction of sp³-hybridized carbons (Fsp3) is 0.889. The van der Waals surface area contributed by atoms with E-state index in [1.165, 1.54) is 0 Å². The fourth-order valence-electron chi connectivity index (χ4n) is 0.685. The van der Waals surface area contributed by atoms with Crippen LogP contribution in [0.25, 0.3) is 0 Å². The van der Waals surface area contributed by atoms with Gasteiger partial charge in [0.1, 0.15) is 6.04 Å². The topological polar surface area (TPSA) is 38.3 Å². The van der Waals surface area contributed by atoms with Crippen LogP contribution in [-0.4, -0.2) is 23.8 Å². The standard InChI is InChI=1S/C9H20NO2P/c1-6(2)12-9(11)8(5)10-13-7(3)4/h6-8,10,13H,1-5H3. The predicted molar refractivity (Wildman–Crippen MR) is 57.3 cm³/mol. The largest absolute Gasteiger partial charge is 0.462 e. The molecule has 0 saturated carbocycles. The van der Waals surface area contributed by atoms with Gasteiger partial charge in [-0.25, -0.2) is 0 Å². The van der Waals surface area contributed by atoms with Gasteiger partial charge in [-0.1, -0.05) is 22.6 Å². The van der Waals surface area contributed by atoms with E-state index < -0.39 is 0 Å². The number of hydrogen-bond donors (Lipinski definition) is 1. The summed E-state index contributed by atoms with van der Waals surface area (Å²) in [5.74, 6) is -0.164. The number of carbonyl (C=O) groups excluding carboxylic acids is 1. The van der Waals surface area contributed by atoms with E-state index in [2.05, 4.69) is 18.9 Å². The van der Waals surface area contributed by atoms with Crippen LogP contribution in [0.1, 0.15) is 34.6 Å². The van der Waals surface area contributed by atoms with Crippen LogP contribution in [-0.2, 0) is 9.53 Å². The average Bonchev–Trinajstić information content (AvgIpc) is 1.98. The number of hydrogen-bond acceptors (Lipinski definition) is 3. The molecular formula is C9H20NO2P. The second-order valence-corrected chi connectivity index (χ2v) is 5.38. The maximum absolute atomic E-state index is 11.3. The van der Waals surface area contributed by atoms with Crippen LogP contribution >= 0.6 is 8.73 Å². The van der Waals surface area contributed by atoms with Gasteiger partial charge in [0.2, 0.25) is 0 Å². The Labute approximate surface area is 82.5 Å². The predicted octanol–water partition coefficient (Wildman–Crippen LogP) is 1.92. The first-order valence-corrected chi connectivity index (χ1v) is 5.72. The Morgan fingerprint density at radius 2 is 1.77 bits per heavy atom. The van der Waals surface area contributed by atoms with E-state index in [1.807, 2.05) is 20.8 Å². The highest BCUT2D eigenvalue weighted by Gasteiger charge is 2.14. The molecule has 3 nitrogen and oxygen atoms in total. The maximum Gasteiger partial charge on any atom is 0.323 e. The van der Waals surface area contributed by atoms with Gasteiger partial charge in [0.25, 0.3) is 0 Å². The van der Waals surface area contributed by atoms with Gasteiger partial charge in [-0.2, -0.15) is 0 Å². The second-order valence-electron chi connectivity index (χ2n) is 3.65. The summed E-state index contributed by atoms with van der Waals surface area (Å²) in [6.45, 7) is 9.78. The highest BCUT2D eigenvalue weighted by molar-refractivity contribution is 7.36. The first-order valence-electron chi connectivity index (χ1n) is 4.65. The molecule has 0 spiro atoms. The summed E-state index contributed by atoms with van der Waals surface area (Å²) in [6.07, 6.45) is -0.0286. The van der Waals surface area contributed by atoms with E-state index in [4.69, 9.17) is 4.74 Å². The molecule has 78 valence electrons. The summed E-state index contributed by atoms with van der Waals surface area (Å²) in [4.78, 5) is 11.3. The van der Waals surface area contributed by atoms with E-state index in [1.54, 1.807) is 0 Å². The third-order valence-corrected chi connectivity index (χ3v) is 2.47. The molecule has 0 aromatic carbocycles. The number of nitrogens with one attached hydrogen (secondary N) is 1. The minimum Gasteiger partial charge on any atom is -0.462 e. The molecule has 0 heterocycles. The second kappa shape index (κ2) is 6.33. The van der Waals surface area contributed by atoms with Gasteiger partial charge >= 0.3 is 5.97 Å². The Morgan fingerprint density at radius 3 is 2.15 bits per heavy atom. The van der Waals surface area contributed by atoms with Crippen molar-refractivity contribution in [1.82, 2.24) is 5.09 Å². The first kappa shape index (κ1) is 12.9. The van der Waals surface area contributed by atoms with Gasteiger partial charge in [-0.15, -0.1) is 0 Å². The van der Waals surface area contributed by atoms with Crippen molar-refractivity contribution in [3.05, 3.63) is 0 Å². The molecule has 0 amide bonds. The highest BCUT2D eigenvalue weighted by atomic mass is 31.1. The molecule has 13 heavy (non-hydrogen) atoms. The van der Waals surface area contributed by atoms with Crippen molar-refractivity contribution in [2.75, 3.05) is 0 Å². The van der Waals surface area contributed by atoms with Crippen molar-refractivity contribution in [3.8, 4) is 0 Å². The van der Waals surface area contributed by atoms with Crippen LogP contribution in [0.15, 0.2) is 0 Å². The lowest BCUT2D eigenvalue weighted by molar-refractivity contribution is -0.148. The maximum atomic E-state index is 11.3. The summed E-state index contributed by atoms with van der Waals surface area (Å²) >= 11 is 0. The molecule has 0 aromatic heterocycles. The van der Waals surface area contributed by atoms with Crippen LogP contribution in [0.3, 0.4) is 0 Å². The van der Waals surface area contributed by atoms with Gasteiger partial charge in [0.15, 0.2) is 0 Å². The lowest BCUT2D eigenvalue weighted by Crippen LogP contribution is -2.32. The van der Waals surface area contributed by atoms with Gasteiger partial charge < -0.3 is 4.74 Å². The van der Waals surface area contributed by atoms with E-state index in [0.29, 0.717) is 14.4 Å². The molecule has 2 atom stereocenters. The minimum absolute atomic E-state index is 0.0286. The molecule has 0 rings (SSSR count). The third-order valence-electron chi connectivity index (χ3n) is 1.29. The number of esters is 1. The van der Waals surface area contributed by atoms with E-state index in [9.17, 15) is 4.79 Å². The van der Waals surface area contributed by atoms with Crippen molar-refractivity contribution >= 4 is 14.7 Å². The van der Waals surface area contributed by atoms with Crippen LogP contribution in [0.2, 0.25) is 0 Å². The van der Waals surface area contributed by atoms with Crippen LogP contribution in [0.4, 0.5) is 0 Å². The normalized spacial score (nSPS) is 14.4. The van der Waals surface area contributed by atoms with E-state index in [0.717, 1.165) is 0 Å². The Bertz CT molecular complexity index is 160. The average molecular weight is 205 g/mol. The lowest BCUT2D eigenvalue weighted by atomic mass is 10.4. The molecule has 0 radical (unpaired) electrons. The molecule has 0 aliphatic heterocycles. The SMILES string of the molecule is CC(C)OC(=O)C(C)NPC(C)C. The zero-order chi connectivity index (χ0) is 10.4. The zero-order valence-electron chi connectivity index (χ0n) is 9.05. The molecular weight excluding hydrogens is 185 g/mol. The Morgan fingerprint density at radius 1 is 1.23 bits per heavy atom. The zero-order valence-corrected chi connectivity index (χ0v) is 10.0. The summed E-state index contributed by atoms with van der Waals surface area (Å²) in [5.41, 5.74) is 0.578. The molecule has 0 aliphatic rings. The monoisotopic (exact) mass is 205 g/mol. The highest BCUT2D eigenvalue weighted by Crippen LogP contribution is 2.13. The first-order chi connectivity index (χ1) is 5.93. The Balaban J connectivity index is 3.69. The third kappa shape index (κ3) is 6.97. The summed E-state index contributed by atoms with van der Waals surface area (Å²) < 4.78 is 5.05. The van der Waals surface area contributed by atoms with E-state index >= 15 is 0 Å². The molecule has 0 bridgehead atoms. The van der Waals surface area contributed by atoms with Gasteiger partial charge in [-0.05, 0) is 26.4 Å². The van der Waals surface area contributed by atoms with Crippen LogP contribution in [0, 0.1) is 0 Å². The van der Waals surface area contributed by atoms with Crippen LogP contribution in [0.5, 0.6) is 0 Å². The molecule has 2 unspecified atom stereocenters. The molecule has 1 N–H and O–H groups in total. The quantitative estimate of drug-likeness (QED) is 0.550. The number of carbonyl (C=O) groups is 1. The van der Waals surface area contributed by atoms with Gasteiger partial charge in [0.05, 0.1) is 6.10 Å². The molecule has 0 saturated heterocycles. The van der Waals surface area contributed by atoms with Crippen LogP contribution < -0.4 is 5.09 Å². The number of rotatable bonds is 5. The van der Waals surface area contributed by atoms with Gasteiger partial charge in [0, 0.05) is 0 Å². The van der Waals surface area contributed by atoms with E-state index in [-0.39, 0.29) is 18.1 Å². The summed E-state index contributed by atoms with van der Waals surface area (Å²) in [7, 11) is 0.608. The molecule has 4 heteroatoms. The molecule has 0 fully saturated rings. The summed E-state index contributed by atoms with van der Waals surface area (Å²) in [5, 5.41) is 3.14. The summed E-state index contributed by atoms with van der Waals surface area (Å²) in [6, 6.07) is -0.192. The Kier molecular flexibility index (Phi) is 6.27. The van der Waals surface area contributed by atoms with Gasteiger partial charge in [-0.3, -0.25) is 9.88 Å². The fourth-order valence-corrected chi connectivity index (χ4v) is 1.39. The van der Waals surface area contributed by atoms with Crippen molar-refractivity contribution in [2.24, 2.45) is 0 Å². The molecule has 0 aromatic rings. The van der Waals surface area contributed by atoms with Crippen molar-refractivity contribution in [2.45, 2.75) is 52.4 Å². The lowest BCUT2D eigenvalue weighted by Gasteiger charge is -2.16. The smallest absolute Gasteiger partial charge is 0.323 e. The van der Waals surface area contributed by atoms with Crippen molar-refractivity contribution < 1.29 is 9.53 Å². The minimum atomic E-state index is -0.192. The van der Waals surface area contributed by atoms with Crippen molar-refractivity contribution in [3.63, 3.8) is 0 Å². The number of ether oxygens (including phenoxy) is 1.